The lowest BCUT2D eigenvalue weighted by molar-refractivity contribution is 0.302. The van der Waals surface area contributed by atoms with E-state index in [1.165, 1.54) is 9.36 Å². The first-order valence-electron chi connectivity index (χ1n) is 9.26. The summed E-state index contributed by atoms with van der Waals surface area (Å²) >= 11 is 0. The summed E-state index contributed by atoms with van der Waals surface area (Å²) in [7, 11) is 1.57. The molecule has 0 saturated carbocycles. The third kappa shape index (κ3) is 3.67. The van der Waals surface area contributed by atoms with Crippen molar-refractivity contribution in [3.63, 3.8) is 0 Å². The van der Waals surface area contributed by atoms with E-state index in [9.17, 15) is 4.79 Å². The molecule has 2 heterocycles. The lowest BCUT2D eigenvalue weighted by Gasteiger charge is -2.15. The summed E-state index contributed by atoms with van der Waals surface area (Å²) < 4.78 is 8.62. The molecule has 7 nitrogen and oxygen atoms in total. The van der Waals surface area contributed by atoms with Gasteiger partial charge in [0, 0.05) is 25.0 Å². The first-order valence-corrected chi connectivity index (χ1v) is 9.26. The molecule has 29 heavy (non-hydrogen) atoms. The molecular weight excluding hydrogens is 366 g/mol. The van der Waals surface area contributed by atoms with Gasteiger partial charge in [-0.25, -0.2) is 4.79 Å². The molecule has 0 atom stereocenters. The first-order chi connectivity index (χ1) is 14.0. The Morgan fingerprint density at radius 1 is 0.931 bits per heavy atom. The van der Waals surface area contributed by atoms with Gasteiger partial charge in [-0.05, 0) is 76.9 Å². The van der Waals surface area contributed by atoms with Gasteiger partial charge in [0.05, 0.1) is 5.69 Å². The van der Waals surface area contributed by atoms with Crippen LogP contribution in [0.1, 0.15) is 16.7 Å². The molecule has 4 rings (SSSR count). The minimum atomic E-state index is -0.297. The fourth-order valence-corrected chi connectivity index (χ4v) is 3.22. The molecular formula is C22H21N5O2. The van der Waals surface area contributed by atoms with Crippen molar-refractivity contribution < 1.29 is 4.74 Å². The van der Waals surface area contributed by atoms with Crippen molar-refractivity contribution >= 4 is 0 Å². The average molecular weight is 387 g/mol. The maximum absolute atomic E-state index is 12.3. The van der Waals surface area contributed by atoms with Crippen molar-refractivity contribution in [2.75, 3.05) is 0 Å². The van der Waals surface area contributed by atoms with Crippen molar-refractivity contribution in [1.82, 2.24) is 24.8 Å². The monoisotopic (exact) mass is 387 g/mol. The maximum atomic E-state index is 12.3. The fourth-order valence-electron chi connectivity index (χ4n) is 3.22. The number of hydrogen-bond donors (Lipinski definition) is 0. The second-order valence-corrected chi connectivity index (χ2v) is 6.87. The summed E-state index contributed by atoms with van der Waals surface area (Å²) in [6, 6.07) is 15.8. The highest BCUT2D eigenvalue weighted by Crippen LogP contribution is 2.27. The van der Waals surface area contributed by atoms with Gasteiger partial charge in [0.2, 0.25) is 0 Å². The molecule has 0 amide bonds. The van der Waals surface area contributed by atoms with Crippen LogP contribution >= 0.6 is 0 Å². The highest BCUT2D eigenvalue weighted by Gasteiger charge is 2.14. The predicted molar refractivity (Wildman–Crippen MR) is 110 cm³/mol. The number of hydrogen-bond acceptors (Lipinski definition) is 5. The zero-order valence-electron chi connectivity index (χ0n) is 16.5. The van der Waals surface area contributed by atoms with E-state index in [-0.39, 0.29) is 5.69 Å². The highest BCUT2D eigenvalue weighted by atomic mass is 16.5. The number of ether oxygens (including phenoxy) is 1. The van der Waals surface area contributed by atoms with Crippen LogP contribution in [0.15, 0.2) is 65.7 Å². The van der Waals surface area contributed by atoms with Gasteiger partial charge in [0.15, 0.2) is 0 Å². The molecule has 4 aromatic rings. The standard InChI is InChI=1S/C22H21N5O2/c1-15-5-4-6-20(27-22(28)26(3)24-25-27)19(15)14-29-21-8-7-18(13-16(21)2)17-9-11-23-12-10-17/h4-13H,14H2,1-3H3. The molecule has 0 aliphatic heterocycles. The molecule has 0 radical (unpaired) electrons. The number of aryl methyl sites for hydroxylation is 3. The Hall–Kier alpha value is -3.74. The molecule has 0 spiro atoms. The molecule has 0 aliphatic carbocycles. The zero-order valence-corrected chi connectivity index (χ0v) is 16.5. The molecule has 0 bridgehead atoms. The predicted octanol–water partition coefficient (Wildman–Crippen LogP) is 3.22. The van der Waals surface area contributed by atoms with E-state index in [0.717, 1.165) is 33.6 Å². The molecule has 2 aromatic heterocycles. The number of rotatable bonds is 5. The molecule has 0 saturated heterocycles. The number of nitrogens with zero attached hydrogens (tertiary/aromatic N) is 5. The van der Waals surface area contributed by atoms with Crippen molar-refractivity contribution in [2.45, 2.75) is 20.5 Å². The van der Waals surface area contributed by atoms with Gasteiger partial charge in [0.25, 0.3) is 0 Å². The van der Waals surface area contributed by atoms with Crippen molar-refractivity contribution in [2.24, 2.45) is 7.05 Å². The number of tetrazole rings is 1. The van der Waals surface area contributed by atoms with E-state index < -0.39 is 0 Å². The quantitative estimate of drug-likeness (QED) is 0.526. The van der Waals surface area contributed by atoms with E-state index in [1.54, 1.807) is 19.4 Å². The Morgan fingerprint density at radius 2 is 1.72 bits per heavy atom. The molecule has 146 valence electrons. The second kappa shape index (κ2) is 7.71. The van der Waals surface area contributed by atoms with E-state index in [4.69, 9.17) is 4.74 Å². The Labute approximate surface area is 168 Å². The van der Waals surface area contributed by atoms with Crippen LogP contribution in [0, 0.1) is 13.8 Å². The SMILES string of the molecule is Cc1cc(-c2ccncc2)ccc1OCc1c(C)cccc1-n1nnn(C)c1=O. The smallest absolute Gasteiger partial charge is 0.368 e. The molecule has 0 aliphatic rings. The van der Waals surface area contributed by atoms with Crippen LogP contribution in [0.2, 0.25) is 0 Å². The Bertz CT molecular complexity index is 1210. The number of aromatic nitrogens is 5. The number of pyridine rings is 1. The van der Waals surface area contributed by atoms with Crippen molar-refractivity contribution in [3.8, 4) is 22.6 Å². The first kappa shape index (κ1) is 18.6. The second-order valence-electron chi connectivity index (χ2n) is 6.87. The van der Waals surface area contributed by atoms with Gasteiger partial charge in [-0.1, -0.05) is 18.2 Å². The lowest BCUT2D eigenvalue weighted by atomic mass is 10.0. The third-order valence-corrected chi connectivity index (χ3v) is 4.90. The Kier molecular flexibility index (Phi) is 4.95. The highest BCUT2D eigenvalue weighted by molar-refractivity contribution is 5.65. The van der Waals surface area contributed by atoms with Gasteiger partial charge in [-0.3, -0.25) is 4.98 Å². The van der Waals surface area contributed by atoms with Gasteiger partial charge < -0.3 is 4.74 Å². The van der Waals surface area contributed by atoms with Crippen LogP contribution in [-0.2, 0) is 13.7 Å². The van der Waals surface area contributed by atoms with E-state index >= 15 is 0 Å². The van der Waals surface area contributed by atoms with Crippen molar-refractivity contribution in [1.29, 1.82) is 0 Å². The van der Waals surface area contributed by atoms with Crippen LogP contribution in [0.4, 0.5) is 0 Å². The summed E-state index contributed by atoms with van der Waals surface area (Å²) in [5, 5.41) is 7.77. The minimum absolute atomic E-state index is 0.297. The zero-order chi connectivity index (χ0) is 20.4. The average Bonchev–Trinajstić information content (AvgIpc) is 3.07. The van der Waals surface area contributed by atoms with Gasteiger partial charge in [0.1, 0.15) is 12.4 Å². The maximum Gasteiger partial charge on any atom is 0.368 e. The summed E-state index contributed by atoms with van der Waals surface area (Å²) in [5.74, 6) is 0.795. The molecule has 0 unspecified atom stereocenters. The Morgan fingerprint density at radius 3 is 2.41 bits per heavy atom. The summed E-state index contributed by atoms with van der Waals surface area (Å²) in [6.45, 7) is 4.33. The van der Waals surface area contributed by atoms with Crippen LogP contribution in [0.5, 0.6) is 5.75 Å². The van der Waals surface area contributed by atoms with Crippen LogP contribution in [0.3, 0.4) is 0 Å². The van der Waals surface area contributed by atoms with Crippen LogP contribution in [-0.4, -0.2) is 24.8 Å². The molecule has 7 heteroatoms. The van der Waals surface area contributed by atoms with E-state index in [1.807, 2.05) is 56.3 Å². The lowest BCUT2D eigenvalue weighted by Crippen LogP contribution is -2.23. The van der Waals surface area contributed by atoms with Crippen LogP contribution < -0.4 is 10.4 Å². The summed E-state index contributed by atoms with van der Waals surface area (Å²) in [6.07, 6.45) is 3.56. The normalized spacial score (nSPS) is 10.9. The van der Waals surface area contributed by atoms with E-state index in [2.05, 4.69) is 21.5 Å². The largest absolute Gasteiger partial charge is 0.489 e. The molecule has 0 N–H and O–H groups in total. The summed E-state index contributed by atoms with van der Waals surface area (Å²) in [5.41, 5.74) is 5.55. The molecule has 0 fully saturated rings. The third-order valence-electron chi connectivity index (χ3n) is 4.90. The van der Waals surface area contributed by atoms with Crippen molar-refractivity contribution in [3.05, 3.63) is 88.1 Å². The summed E-state index contributed by atoms with van der Waals surface area (Å²) in [4.78, 5) is 16.4. The fraction of sp³-hybridized carbons (Fsp3) is 0.182. The topological polar surface area (TPSA) is 74.8 Å². The van der Waals surface area contributed by atoms with E-state index in [0.29, 0.717) is 12.3 Å². The number of benzene rings is 2. The van der Waals surface area contributed by atoms with Gasteiger partial charge in [-0.15, -0.1) is 0 Å². The van der Waals surface area contributed by atoms with Gasteiger partial charge in [-0.2, -0.15) is 9.36 Å². The van der Waals surface area contributed by atoms with Crippen LogP contribution in [0.25, 0.3) is 16.8 Å². The molecule has 2 aromatic carbocycles. The Balaban J connectivity index is 1.62. The van der Waals surface area contributed by atoms with Gasteiger partial charge >= 0.3 is 5.69 Å². The minimum Gasteiger partial charge on any atom is -0.489 e.